The largest absolute Gasteiger partial charge is 0.484 e. The van der Waals surface area contributed by atoms with E-state index in [2.05, 4.69) is 32.1 Å². The van der Waals surface area contributed by atoms with Crippen LogP contribution >= 0.6 is 28.1 Å². The minimum absolute atomic E-state index is 0.0441. The van der Waals surface area contributed by atoms with E-state index >= 15 is 0 Å². The van der Waals surface area contributed by atoms with Gasteiger partial charge in [0.2, 0.25) is 5.91 Å². The minimum atomic E-state index is -0.414. The maximum atomic E-state index is 11.6. The first-order valence-corrected chi connectivity index (χ1v) is 7.84. The Balaban J connectivity index is 2.23. The van der Waals surface area contributed by atoms with Gasteiger partial charge >= 0.3 is 0 Å². The van der Waals surface area contributed by atoms with Gasteiger partial charge in [0.15, 0.2) is 11.7 Å². The number of ether oxygens (including phenoxy) is 1. The molecule has 0 radical (unpaired) electrons. The van der Waals surface area contributed by atoms with Crippen LogP contribution < -0.4 is 20.9 Å². The third-order valence-corrected chi connectivity index (χ3v) is 3.08. The molecule has 0 saturated carbocycles. The number of hydrogen-bond acceptors (Lipinski definition) is 4. The number of amides is 2. The zero-order valence-corrected chi connectivity index (χ0v) is 14.7. The zero-order chi connectivity index (χ0) is 16.5. The van der Waals surface area contributed by atoms with Crippen LogP contribution in [0.4, 0.5) is 0 Å². The smallest absolute Gasteiger partial charge is 0.276 e. The average molecular weight is 388 g/mol. The van der Waals surface area contributed by atoms with Crippen molar-refractivity contribution in [3.8, 4) is 5.75 Å². The monoisotopic (exact) mass is 387 g/mol. The van der Waals surface area contributed by atoms with Crippen LogP contribution in [0.25, 0.3) is 0 Å². The van der Waals surface area contributed by atoms with Crippen LogP contribution in [-0.4, -0.2) is 23.5 Å². The number of benzene rings is 1. The van der Waals surface area contributed by atoms with Crippen LogP contribution in [0.1, 0.15) is 20.3 Å². The van der Waals surface area contributed by atoms with Crippen LogP contribution in [0.5, 0.6) is 5.75 Å². The summed E-state index contributed by atoms with van der Waals surface area (Å²) in [7, 11) is 0. The van der Waals surface area contributed by atoms with E-state index in [1.54, 1.807) is 12.1 Å². The van der Waals surface area contributed by atoms with Crippen LogP contribution in [0.3, 0.4) is 0 Å². The molecular weight excluding hydrogens is 370 g/mol. The fourth-order valence-corrected chi connectivity index (χ4v) is 1.85. The summed E-state index contributed by atoms with van der Waals surface area (Å²) in [4.78, 5) is 23.0. The number of rotatable bonds is 5. The Kier molecular flexibility index (Phi) is 7.83. The Hall–Kier alpha value is -1.67. The molecular formula is C14H18BrN3O3S. The average Bonchev–Trinajstić information content (AvgIpc) is 2.43. The summed E-state index contributed by atoms with van der Waals surface area (Å²) in [5.41, 5.74) is 4.79. The zero-order valence-electron chi connectivity index (χ0n) is 12.3. The molecule has 0 bridgehead atoms. The van der Waals surface area contributed by atoms with Gasteiger partial charge < -0.3 is 10.1 Å². The molecule has 0 fully saturated rings. The van der Waals surface area contributed by atoms with E-state index in [0.717, 1.165) is 4.47 Å². The summed E-state index contributed by atoms with van der Waals surface area (Å²) in [6.07, 6.45) is 0.364. The molecule has 0 saturated heterocycles. The topological polar surface area (TPSA) is 79.5 Å². The van der Waals surface area contributed by atoms with E-state index in [4.69, 9.17) is 17.0 Å². The highest BCUT2D eigenvalue weighted by molar-refractivity contribution is 9.10. The third-order valence-electron chi connectivity index (χ3n) is 2.35. The first-order chi connectivity index (χ1) is 10.4. The quantitative estimate of drug-likeness (QED) is 0.531. The van der Waals surface area contributed by atoms with Crippen LogP contribution in [0.15, 0.2) is 28.7 Å². The Bertz CT molecular complexity index is 535. The molecule has 0 atom stereocenters. The van der Waals surface area contributed by atoms with E-state index in [0.29, 0.717) is 12.2 Å². The Morgan fingerprint density at radius 1 is 1.18 bits per heavy atom. The lowest BCUT2D eigenvalue weighted by atomic mass is 10.1. The fourth-order valence-electron chi connectivity index (χ4n) is 1.42. The van der Waals surface area contributed by atoms with Crippen molar-refractivity contribution in [3.05, 3.63) is 28.7 Å². The highest BCUT2D eigenvalue weighted by Gasteiger charge is 2.08. The molecule has 0 aliphatic rings. The van der Waals surface area contributed by atoms with Gasteiger partial charge in [-0.25, -0.2) is 0 Å². The van der Waals surface area contributed by atoms with Crippen LogP contribution in [0.2, 0.25) is 0 Å². The third kappa shape index (κ3) is 7.94. The summed E-state index contributed by atoms with van der Waals surface area (Å²) in [6, 6.07) is 7.10. The Morgan fingerprint density at radius 2 is 1.82 bits per heavy atom. The number of thiocarbonyl (C=S) groups is 1. The molecule has 0 aromatic heterocycles. The summed E-state index contributed by atoms with van der Waals surface area (Å²) in [5.74, 6) is 0.194. The number of nitrogens with one attached hydrogen (secondary N) is 3. The molecule has 0 aliphatic heterocycles. The number of hydrazine groups is 1. The Morgan fingerprint density at radius 3 is 2.41 bits per heavy atom. The van der Waals surface area contributed by atoms with Crippen molar-refractivity contribution < 1.29 is 14.3 Å². The number of carbonyl (C=O) groups excluding carboxylic acids is 2. The van der Waals surface area contributed by atoms with Crippen LogP contribution in [-0.2, 0) is 9.59 Å². The molecule has 1 aromatic rings. The van der Waals surface area contributed by atoms with Gasteiger partial charge in [-0.2, -0.15) is 0 Å². The second-order valence-corrected chi connectivity index (χ2v) is 6.21. The SMILES string of the molecule is CC(C)CC(=O)NC(=S)NNC(=O)COc1ccc(Br)cc1. The number of carbonyl (C=O) groups is 2. The molecule has 3 N–H and O–H groups in total. The first kappa shape index (κ1) is 18.4. The maximum absolute atomic E-state index is 11.6. The lowest BCUT2D eigenvalue weighted by molar-refractivity contribution is -0.124. The minimum Gasteiger partial charge on any atom is -0.484 e. The van der Waals surface area contributed by atoms with Crippen molar-refractivity contribution in [2.75, 3.05) is 6.61 Å². The van der Waals surface area contributed by atoms with Gasteiger partial charge in [-0.3, -0.25) is 20.4 Å². The van der Waals surface area contributed by atoms with E-state index in [1.807, 2.05) is 26.0 Å². The van der Waals surface area contributed by atoms with Crippen LogP contribution in [0, 0.1) is 5.92 Å². The lowest BCUT2D eigenvalue weighted by Crippen LogP contribution is -2.49. The van der Waals surface area contributed by atoms with Crippen molar-refractivity contribution in [1.29, 1.82) is 0 Å². The van der Waals surface area contributed by atoms with E-state index in [9.17, 15) is 9.59 Å². The van der Waals surface area contributed by atoms with Crippen molar-refractivity contribution >= 4 is 45.1 Å². The van der Waals surface area contributed by atoms with Gasteiger partial charge in [0.1, 0.15) is 5.75 Å². The molecule has 8 heteroatoms. The molecule has 0 unspecified atom stereocenters. The number of hydrogen-bond donors (Lipinski definition) is 3. The summed E-state index contributed by atoms with van der Waals surface area (Å²) >= 11 is 8.20. The molecule has 2 amide bonds. The van der Waals surface area contributed by atoms with E-state index < -0.39 is 5.91 Å². The Labute approximate surface area is 143 Å². The second kappa shape index (κ2) is 9.37. The molecule has 120 valence electrons. The second-order valence-electron chi connectivity index (χ2n) is 4.89. The molecule has 0 heterocycles. The summed E-state index contributed by atoms with van der Waals surface area (Å²) in [6.45, 7) is 3.69. The molecule has 0 aliphatic carbocycles. The normalized spacial score (nSPS) is 10.0. The van der Waals surface area contributed by atoms with Crippen molar-refractivity contribution in [1.82, 2.24) is 16.2 Å². The molecule has 1 rings (SSSR count). The molecule has 6 nitrogen and oxygen atoms in total. The predicted molar refractivity (Wildman–Crippen MR) is 91.1 cm³/mol. The van der Waals surface area contributed by atoms with Crippen molar-refractivity contribution in [2.24, 2.45) is 5.92 Å². The van der Waals surface area contributed by atoms with E-state index in [1.165, 1.54) is 0 Å². The number of halogens is 1. The first-order valence-electron chi connectivity index (χ1n) is 6.64. The maximum Gasteiger partial charge on any atom is 0.276 e. The van der Waals surface area contributed by atoms with Crippen molar-refractivity contribution in [3.63, 3.8) is 0 Å². The van der Waals surface area contributed by atoms with Gasteiger partial charge in [0.05, 0.1) is 0 Å². The lowest BCUT2D eigenvalue weighted by Gasteiger charge is -2.12. The summed E-state index contributed by atoms with van der Waals surface area (Å²) < 4.78 is 6.21. The molecule has 22 heavy (non-hydrogen) atoms. The predicted octanol–water partition coefficient (Wildman–Crippen LogP) is 1.90. The van der Waals surface area contributed by atoms with Gasteiger partial charge in [-0.15, -0.1) is 0 Å². The van der Waals surface area contributed by atoms with Gasteiger partial charge in [0, 0.05) is 10.9 Å². The highest BCUT2D eigenvalue weighted by Crippen LogP contribution is 2.15. The molecule has 0 spiro atoms. The standard InChI is InChI=1S/C14H18BrN3O3S/c1-9(2)7-12(19)16-14(22)18-17-13(20)8-21-11-5-3-10(15)4-6-11/h3-6,9H,7-8H2,1-2H3,(H,17,20)(H2,16,18,19,22). The highest BCUT2D eigenvalue weighted by atomic mass is 79.9. The van der Waals surface area contributed by atoms with Crippen molar-refractivity contribution in [2.45, 2.75) is 20.3 Å². The van der Waals surface area contributed by atoms with Gasteiger partial charge in [-0.1, -0.05) is 29.8 Å². The fraction of sp³-hybridized carbons (Fsp3) is 0.357. The van der Waals surface area contributed by atoms with E-state index in [-0.39, 0.29) is 23.5 Å². The molecule has 1 aromatic carbocycles. The van der Waals surface area contributed by atoms with Gasteiger partial charge in [-0.05, 0) is 42.4 Å². The summed E-state index contributed by atoms with van der Waals surface area (Å²) in [5, 5.41) is 2.51. The van der Waals surface area contributed by atoms with Gasteiger partial charge in [0.25, 0.3) is 5.91 Å².